The molecule has 1 fully saturated rings. The number of carbonyl (C=O) groups excluding carboxylic acids is 2. The monoisotopic (exact) mass is 565 g/mol. The van der Waals surface area contributed by atoms with Crippen LogP contribution in [0.1, 0.15) is 33.8 Å². The van der Waals surface area contributed by atoms with Crippen LogP contribution in [-0.2, 0) is 11.3 Å². The molecule has 2 heterocycles. The number of rotatable bonds is 7. The van der Waals surface area contributed by atoms with Gasteiger partial charge < -0.3 is 19.5 Å². The summed E-state index contributed by atoms with van der Waals surface area (Å²) in [5.41, 5.74) is -0.294. The lowest BCUT2D eigenvalue weighted by Gasteiger charge is -2.20. The highest BCUT2D eigenvalue weighted by Crippen LogP contribution is 2.35. The van der Waals surface area contributed by atoms with E-state index in [-0.39, 0.29) is 29.1 Å². The van der Waals surface area contributed by atoms with Crippen molar-refractivity contribution >= 4 is 29.1 Å². The molecule has 206 valence electrons. The van der Waals surface area contributed by atoms with Crippen molar-refractivity contribution in [2.24, 2.45) is 0 Å². The van der Waals surface area contributed by atoms with Crippen LogP contribution in [0, 0.1) is 12.7 Å². The van der Waals surface area contributed by atoms with E-state index >= 15 is 4.39 Å². The Kier molecular flexibility index (Phi) is 8.01. The van der Waals surface area contributed by atoms with Crippen molar-refractivity contribution in [2.75, 3.05) is 18.6 Å². The molecule has 3 aromatic rings. The Labute approximate surface area is 225 Å². The molecule has 4 rings (SSSR count). The number of nitrogens with zero attached hydrogens (tertiary/aromatic N) is 2. The van der Waals surface area contributed by atoms with E-state index < -0.39 is 54.3 Å². The molecule has 0 aliphatic carbocycles. The zero-order valence-corrected chi connectivity index (χ0v) is 21.6. The molecular formula is C27H24ClF4N3O4. The smallest absolute Gasteiger partial charge is 0.390 e. The van der Waals surface area contributed by atoms with Crippen LogP contribution in [0.15, 0.2) is 59.5 Å². The van der Waals surface area contributed by atoms with Gasteiger partial charge in [-0.05, 0) is 54.4 Å². The molecule has 2 amide bonds. The molecule has 1 aliphatic rings. The van der Waals surface area contributed by atoms with Gasteiger partial charge in [-0.2, -0.15) is 13.2 Å². The van der Waals surface area contributed by atoms with Crippen molar-refractivity contribution in [2.45, 2.75) is 38.0 Å². The van der Waals surface area contributed by atoms with Gasteiger partial charge in [0.2, 0.25) is 5.91 Å². The average molecular weight is 566 g/mol. The number of hydrogen-bond acceptors (Lipinski definition) is 4. The summed E-state index contributed by atoms with van der Waals surface area (Å²) < 4.78 is 59.5. The summed E-state index contributed by atoms with van der Waals surface area (Å²) in [5, 5.41) is 3.04. The molecule has 0 unspecified atom stereocenters. The highest BCUT2D eigenvalue weighted by Gasteiger charge is 2.45. The molecule has 1 aromatic heterocycles. The molecule has 0 spiro atoms. The SMILES string of the molecule is COc1ccc([C@@H]2CN(c3c(C)ccn(CCC(F)(F)F)c3=O)C(=O)[C@H]2NC(=O)c2ccc(Cl)cc2)c(F)c1. The maximum absolute atomic E-state index is 15.1. The van der Waals surface area contributed by atoms with E-state index in [2.05, 4.69) is 5.32 Å². The van der Waals surface area contributed by atoms with Gasteiger partial charge in [0.1, 0.15) is 23.3 Å². The molecule has 1 N–H and O–H groups in total. The van der Waals surface area contributed by atoms with Crippen LogP contribution in [-0.4, -0.2) is 42.3 Å². The maximum atomic E-state index is 15.1. The number of pyridine rings is 1. The van der Waals surface area contributed by atoms with Crippen molar-refractivity contribution in [1.82, 2.24) is 9.88 Å². The first-order valence-electron chi connectivity index (χ1n) is 11.9. The molecular weight excluding hydrogens is 542 g/mol. The van der Waals surface area contributed by atoms with Gasteiger partial charge in [0.25, 0.3) is 11.5 Å². The molecule has 1 saturated heterocycles. The van der Waals surface area contributed by atoms with Gasteiger partial charge in [-0.1, -0.05) is 17.7 Å². The summed E-state index contributed by atoms with van der Waals surface area (Å²) in [6.45, 7) is 0.707. The van der Waals surface area contributed by atoms with Crippen molar-refractivity contribution in [1.29, 1.82) is 0 Å². The standard InChI is InChI=1S/C27H24ClF4N3O4/c1-15-9-11-34(12-10-27(30,31)32)26(38)23(15)35-14-20(19-8-7-18(39-2)13-21(19)29)22(25(35)37)33-24(36)16-3-5-17(28)6-4-16/h3-9,11,13,20,22H,10,12,14H2,1-2H3,(H,33,36)/t20-,22-/m0/s1. The third-order valence-corrected chi connectivity index (χ3v) is 6.81. The number of aryl methyl sites for hydroxylation is 2. The quantitative estimate of drug-likeness (QED) is 0.416. The number of anilines is 1. The summed E-state index contributed by atoms with van der Waals surface area (Å²) in [4.78, 5) is 41.0. The van der Waals surface area contributed by atoms with E-state index in [1.165, 1.54) is 55.8 Å². The zero-order valence-electron chi connectivity index (χ0n) is 20.9. The van der Waals surface area contributed by atoms with Gasteiger partial charge in [-0.3, -0.25) is 14.4 Å². The third kappa shape index (κ3) is 6.08. The summed E-state index contributed by atoms with van der Waals surface area (Å²) in [5.74, 6) is -2.70. The molecule has 2 aromatic carbocycles. The first-order chi connectivity index (χ1) is 18.4. The average Bonchev–Trinajstić information content (AvgIpc) is 3.18. The van der Waals surface area contributed by atoms with E-state index in [9.17, 15) is 27.6 Å². The van der Waals surface area contributed by atoms with Crippen LogP contribution in [0.2, 0.25) is 5.02 Å². The fraction of sp³-hybridized carbons (Fsp3) is 0.296. The maximum Gasteiger partial charge on any atom is 0.390 e. The van der Waals surface area contributed by atoms with E-state index in [4.69, 9.17) is 16.3 Å². The van der Waals surface area contributed by atoms with Gasteiger partial charge in [0, 0.05) is 41.9 Å². The normalized spacial score (nSPS) is 17.4. The first kappa shape index (κ1) is 28.2. The van der Waals surface area contributed by atoms with Crippen LogP contribution in [0.4, 0.5) is 23.2 Å². The van der Waals surface area contributed by atoms with Gasteiger partial charge in [-0.25, -0.2) is 4.39 Å². The van der Waals surface area contributed by atoms with E-state index in [1.807, 2.05) is 0 Å². The molecule has 1 aliphatic heterocycles. The largest absolute Gasteiger partial charge is 0.497 e. The molecule has 12 heteroatoms. The minimum atomic E-state index is -4.48. The number of halogens is 5. The summed E-state index contributed by atoms with van der Waals surface area (Å²) >= 11 is 5.89. The molecule has 39 heavy (non-hydrogen) atoms. The molecule has 2 atom stereocenters. The Morgan fingerprint density at radius 2 is 1.82 bits per heavy atom. The Bertz CT molecular complexity index is 1460. The van der Waals surface area contributed by atoms with Gasteiger partial charge in [0.05, 0.1) is 13.5 Å². The minimum Gasteiger partial charge on any atom is -0.497 e. The highest BCUT2D eigenvalue weighted by molar-refractivity contribution is 6.30. The van der Waals surface area contributed by atoms with Crippen molar-refractivity contribution in [3.05, 3.63) is 92.6 Å². The molecule has 0 saturated carbocycles. The number of hydrogen-bond donors (Lipinski definition) is 1. The second-order valence-electron chi connectivity index (χ2n) is 9.11. The second-order valence-corrected chi connectivity index (χ2v) is 9.55. The number of benzene rings is 2. The third-order valence-electron chi connectivity index (χ3n) is 6.56. The second kappa shape index (κ2) is 11.1. The van der Waals surface area contributed by atoms with Crippen LogP contribution >= 0.6 is 11.6 Å². The summed E-state index contributed by atoms with van der Waals surface area (Å²) in [7, 11) is 1.37. The first-order valence-corrected chi connectivity index (χ1v) is 12.3. The number of amides is 2. The predicted octanol–water partition coefficient (Wildman–Crippen LogP) is 4.84. The Morgan fingerprint density at radius 3 is 2.44 bits per heavy atom. The van der Waals surface area contributed by atoms with Crippen molar-refractivity contribution in [3.8, 4) is 5.75 Å². The lowest BCUT2D eigenvalue weighted by Crippen LogP contribution is -2.44. The summed E-state index contributed by atoms with van der Waals surface area (Å²) in [6.07, 6.45) is -4.49. The van der Waals surface area contributed by atoms with Crippen LogP contribution in [0.5, 0.6) is 5.75 Å². The van der Waals surface area contributed by atoms with Crippen LogP contribution < -0.4 is 20.5 Å². The zero-order chi connectivity index (χ0) is 28.5. The minimum absolute atomic E-state index is 0.0963. The number of ether oxygens (including phenoxy) is 1. The van der Waals surface area contributed by atoms with Crippen LogP contribution in [0.3, 0.4) is 0 Å². The van der Waals surface area contributed by atoms with Crippen LogP contribution in [0.25, 0.3) is 0 Å². The lowest BCUT2D eigenvalue weighted by molar-refractivity contribution is -0.136. The Hall–Kier alpha value is -3.86. The van der Waals surface area contributed by atoms with E-state index in [1.54, 1.807) is 6.92 Å². The van der Waals surface area contributed by atoms with Gasteiger partial charge in [-0.15, -0.1) is 0 Å². The van der Waals surface area contributed by atoms with E-state index in [0.29, 0.717) is 10.6 Å². The topological polar surface area (TPSA) is 80.6 Å². The fourth-order valence-corrected chi connectivity index (χ4v) is 4.67. The fourth-order valence-electron chi connectivity index (χ4n) is 4.54. The van der Waals surface area contributed by atoms with Gasteiger partial charge in [0.15, 0.2) is 0 Å². The van der Waals surface area contributed by atoms with Crippen molar-refractivity contribution < 1.29 is 31.9 Å². The summed E-state index contributed by atoms with van der Waals surface area (Å²) in [6, 6.07) is 10.1. The van der Waals surface area contributed by atoms with Gasteiger partial charge >= 0.3 is 6.18 Å². The number of carbonyl (C=O) groups is 2. The number of methoxy groups -OCH3 is 1. The number of nitrogens with one attached hydrogen (secondary N) is 1. The Morgan fingerprint density at radius 1 is 1.13 bits per heavy atom. The molecule has 7 nitrogen and oxygen atoms in total. The molecule has 0 bridgehead atoms. The Balaban J connectivity index is 1.74. The lowest BCUT2D eigenvalue weighted by atomic mass is 9.93. The number of alkyl halides is 3. The highest BCUT2D eigenvalue weighted by atomic mass is 35.5. The van der Waals surface area contributed by atoms with E-state index in [0.717, 1.165) is 15.5 Å². The van der Waals surface area contributed by atoms with Crippen molar-refractivity contribution in [3.63, 3.8) is 0 Å². The predicted molar refractivity (Wildman–Crippen MR) is 137 cm³/mol. The number of aromatic nitrogens is 1. The molecule has 0 radical (unpaired) electrons.